The largest absolute Gasteiger partial charge is 0.481 e. The van der Waals surface area contributed by atoms with Gasteiger partial charge in [0.15, 0.2) is 18.2 Å². The number of rotatable bonds is 7. The van der Waals surface area contributed by atoms with Gasteiger partial charge in [-0.05, 0) is 25.0 Å². The van der Waals surface area contributed by atoms with E-state index in [1.165, 1.54) is 17.0 Å². The van der Waals surface area contributed by atoms with Crippen LogP contribution in [0, 0.1) is 5.82 Å². The molecular formula is C23H30FN5O3. The maximum atomic E-state index is 13.7. The number of anilines is 1. The summed E-state index contributed by atoms with van der Waals surface area (Å²) >= 11 is 0. The van der Waals surface area contributed by atoms with Crippen molar-refractivity contribution in [3.05, 3.63) is 47.7 Å². The summed E-state index contributed by atoms with van der Waals surface area (Å²) in [6.45, 7) is 2.92. The van der Waals surface area contributed by atoms with Crippen LogP contribution >= 0.6 is 0 Å². The molecule has 0 spiro atoms. The highest BCUT2D eigenvalue weighted by Gasteiger charge is 2.26. The van der Waals surface area contributed by atoms with Gasteiger partial charge in [0.05, 0.1) is 12.2 Å². The van der Waals surface area contributed by atoms with Gasteiger partial charge in [0.25, 0.3) is 5.91 Å². The lowest BCUT2D eigenvalue weighted by molar-refractivity contribution is -0.132. The van der Waals surface area contributed by atoms with E-state index in [0.29, 0.717) is 18.1 Å². The molecule has 1 fully saturated rings. The van der Waals surface area contributed by atoms with Crippen LogP contribution in [0.1, 0.15) is 37.2 Å². The Morgan fingerprint density at radius 3 is 2.66 bits per heavy atom. The topological polar surface area (TPSA) is 78.9 Å². The van der Waals surface area contributed by atoms with E-state index < -0.39 is 5.82 Å². The van der Waals surface area contributed by atoms with Crippen LogP contribution in [0.3, 0.4) is 0 Å². The molecule has 0 saturated carbocycles. The van der Waals surface area contributed by atoms with Gasteiger partial charge in [-0.25, -0.2) is 14.4 Å². The first-order valence-electron chi connectivity index (χ1n) is 10.7. The summed E-state index contributed by atoms with van der Waals surface area (Å²) in [6.07, 6.45) is 1.81. The van der Waals surface area contributed by atoms with Gasteiger partial charge in [0.1, 0.15) is 11.6 Å². The van der Waals surface area contributed by atoms with E-state index in [2.05, 4.69) is 0 Å². The Labute approximate surface area is 188 Å². The molecule has 0 bridgehead atoms. The average Bonchev–Trinajstić information content (AvgIpc) is 2.78. The van der Waals surface area contributed by atoms with E-state index in [1.807, 2.05) is 30.0 Å². The number of hydrogen-bond acceptors (Lipinski definition) is 6. The van der Waals surface area contributed by atoms with Gasteiger partial charge in [-0.3, -0.25) is 9.59 Å². The number of carbonyl (C=O) groups excluding carboxylic acids is 2. The minimum Gasteiger partial charge on any atom is -0.481 e. The molecule has 2 heterocycles. The Morgan fingerprint density at radius 2 is 1.97 bits per heavy atom. The third-order valence-corrected chi connectivity index (χ3v) is 5.49. The van der Waals surface area contributed by atoms with Crippen LogP contribution < -0.4 is 9.64 Å². The maximum absolute atomic E-state index is 13.7. The minimum absolute atomic E-state index is 0.0424. The number of carbonyl (C=O) groups is 2. The standard InChI is InChI=1S/C23H30FN5O3/c1-16(30)29-11-7-8-17(13-29)23-25-18(12-21(26-23)27(2)3)14-28(4)22(31)15-32-20-10-6-5-9-19(20)24/h5-6,9-10,12,17H,7-8,11,13-15H2,1-4H3/t17-/m0/s1. The van der Waals surface area contributed by atoms with Crippen molar-refractivity contribution in [2.24, 2.45) is 0 Å². The fourth-order valence-electron chi connectivity index (χ4n) is 3.61. The van der Waals surface area contributed by atoms with Gasteiger partial charge in [0.2, 0.25) is 5.91 Å². The second-order valence-corrected chi connectivity index (χ2v) is 8.24. The number of benzene rings is 1. The Balaban J connectivity index is 1.71. The van der Waals surface area contributed by atoms with Crippen molar-refractivity contribution in [3.63, 3.8) is 0 Å². The average molecular weight is 444 g/mol. The highest BCUT2D eigenvalue weighted by molar-refractivity contribution is 5.77. The molecule has 1 saturated heterocycles. The number of likely N-dealkylation sites (tertiary alicyclic amines) is 1. The second-order valence-electron chi connectivity index (χ2n) is 8.24. The van der Waals surface area contributed by atoms with E-state index in [9.17, 15) is 14.0 Å². The number of ether oxygens (including phenoxy) is 1. The van der Waals surface area contributed by atoms with E-state index in [4.69, 9.17) is 14.7 Å². The summed E-state index contributed by atoms with van der Waals surface area (Å²) < 4.78 is 19.0. The first kappa shape index (κ1) is 23.4. The molecule has 2 amide bonds. The lowest BCUT2D eigenvalue weighted by atomic mass is 9.97. The van der Waals surface area contributed by atoms with Crippen LogP contribution in [0.15, 0.2) is 30.3 Å². The predicted molar refractivity (Wildman–Crippen MR) is 119 cm³/mol. The van der Waals surface area contributed by atoms with Gasteiger partial charge in [0, 0.05) is 53.1 Å². The molecule has 9 heteroatoms. The van der Waals surface area contributed by atoms with Crippen molar-refractivity contribution in [2.45, 2.75) is 32.2 Å². The molecule has 1 atom stereocenters. The molecule has 172 valence electrons. The first-order chi connectivity index (χ1) is 15.2. The summed E-state index contributed by atoms with van der Waals surface area (Å²) in [5.74, 6) is 0.775. The van der Waals surface area contributed by atoms with Crippen molar-refractivity contribution < 1.29 is 18.7 Å². The Bertz CT molecular complexity index is 968. The Hall–Kier alpha value is -3.23. The normalized spacial score (nSPS) is 15.9. The third-order valence-electron chi connectivity index (χ3n) is 5.49. The van der Waals surface area contributed by atoms with Crippen molar-refractivity contribution in [3.8, 4) is 5.75 Å². The third kappa shape index (κ3) is 5.93. The van der Waals surface area contributed by atoms with Crippen LogP contribution in [0.25, 0.3) is 0 Å². The van der Waals surface area contributed by atoms with Crippen molar-refractivity contribution >= 4 is 17.6 Å². The van der Waals surface area contributed by atoms with E-state index in [0.717, 1.165) is 25.2 Å². The van der Waals surface area contributed by atoms with Gasteiger partial charge in [-0.2, -0.15) is 0 Å². The summed E-state index contributed by atoms with van der Waals surface area (Å²) in [5.41, 5.74) is 0.695. The molecule has 1 aromatic carbocycles. The molecular weight excluding hydrogens is 413 g/mol. The monoisotopic (exact) mass is 443 g/mol. The molecule has 0 unspecified atom stereocenters. The number of likely N-dealkylation sites (N-methyl/N-ethyl adjacent to an activating group) is 1. The molecule has 3 rings (SSSR count). The molecule has 1 aromatic heterocycles. The zero-order chi connectivity index (χ0) is 23.3. The molecule has 2 aromatic rings. The molecule has 8 nitrogen and oxygen atoms in total. The van der Waals surface area contributed by atoms with Crippen molar-refractivity contribution in [1.29, 1.82) is 0 Å². The van der Waals surface area contributed by atoms with Gasteiger partial charge < -0.3 is 19.4 Å². The minimum atomic E-state index is -0.508. The lowest BCUT2D eigenvalue weighted by Crippen LogP contribution is -2.38. The first-order valence-corrected chi connectivity index (χ1v) is 10.7. The van der Waals surface area contributed by atoms with Crippen LogP contribution in [-0.4, -0.2) is 72.4 Å². The van der Waals surface area contributed by atoms with Crippen molar-refractivity contribution in [1.82, 2.24) is 19.8 Å². The summed E-state index contributed by atoms with van der Waals surface area (Å²) in [5, 5.41) is 0. The zero-order valence-corrected chi connectivity index (χ0v) is 19.0. The number of amides is 2. The smallest absolute Gasteiger partial charge is 0.260 e. The molecule has 1 aliphatic rings. The Kier molecular flexibility index (Phi) is 7.61. The van der Waals surface area contributed by atoms with Crippen LogP contribution in [-0.2, 0) is 16.1 Å². The van der Waals surface area contributed by atoms with Crippen LogP contribution in [0.5, 0.6) is 5.75 Å². The highest BCUT2D eigenvalue weighted by atomic mass is 19.1. The zero-order valence-electron chi connectivity index (χ0n) is 19.0. The van der Waals surface area contributed by atoms with E-state index >= 15 is 0 Å². The molecule has 0 N–H and O–H groups in total. The molecule has 0 aliphatic carbocycles. The number of nitrogens with zero attached hydrogens (tertiary/aromatic N) is 5. The van der Waals surface area contributed by atoms with Gasteiger partial charge >= 0.3 is 0 Å². The van der Waals surface area contributed by atoms with Crippen LogP contribution in [0.4, 0.5) is 10.2 Å². The SMILES string of the molecule is CC(=O)N1CCC[C@H](c2nc(CN(C)C(=O)COc3ccccc3F)cc(N(C)C)n2)C1. The molecule has 1 aliphatic heterocycles. The Morgan fingerprint density at radius 1 is 1.22 bits per heavy atom. The fraction of sp³-hybridized carbons (Fsp3) is 0.478. The maximum Gasteiger partial charge on any atom is 0.260 e. The predicted octanol–water partition coefficient (Wildman–Crippen LogP) is 2.45. The van der Waals surface area contributed by atoms with Crippen LogP contribution in [0.2, 0.25) is 0 Å². The molecule has 0 radical (unpaired) electrons. The fourth-order valence-corrected chi connectivity index (χ4v) is 3.61. The van der Waals surface area contributed by atoms with E-state index in [1.54, 1.807) is 26.1 Å². The number of halogens is 1. The summed E-state index contributed by atoms with van der Waals surface area (Å²) in [7, 11) is 5.45. The number of piperidine rings is 1. The number of hydrogen-bond donors (Lipinski definition) is 0. The second kappa shape index (κ2) is 10.4. The van der Waals surface area contributed by atoms with E-state index in [-0.39, 0.29) is 36.6 Å². The van der Waals surface area contributed by atoms with Gasteiger partial charge in [-0.15, -0.1) is 0 Å². The summed E-state index contributed by atoms with van der Waals surface area (Å²) in [4.78, 5) is 39.0. The summed E-state index contributed by atoms with van der Waals surface area (Å²) in [6, 6.07) is 7.82. The number of aromatic nitrogens is 2. The lowest BCUT2D eigenvalue weighted by Gasteiger charge is -2.31. The van der Waals surface area contributed by atoms with Gasteiger partial charge in [-0.1, -0.05) is 12.1 Å². The quantitative estimate of drug-likeness (QED) is 0.654. The highest BCUT2D eigenvalue weighted by Crippen LogP contribution is 2.26. The van der Waals surface area contributed by atoms with Crippen molar-refractivity contribution in [2.75, 3.05) is 45.7 Å². The number of para-hydroxylation sites is 1. The molecule has 32 heavy (non-hydrogen) atoms.